The highest BCUT2D eigenvalue weighted by atomic mass is 127. The molecule has 1 aromatic rings. The van der Waals surface area contributed by atoms with Crippen molar-refractivity contribution in [3.05, 3.63) is 29.8 Å². The Morgan fingerprint density at radius 1 is 1.08 bits per heavy atom. The molecule has 0 heterocycles. The van der Waals surface area contributed by atoms with E-state index in [0.29, 0.717) is 32.2 Å². The van der Waals surface area contributed by atoms with E-state index in [9.17, 15) is 4.79 Å². The van der Waals surface area contributed by atoms with Gasteiger partial charge in [-0.2, -0.15) is 0 Å². The van der Waals surface area contributed by atoms with Crippen molar-refractivity contribution in [2.75, 3.05) is 33.3 Å². The van der Waals surface area contributed by atoms with Crippen LogP contribution in [0.5, 0.6) is 5.75 Å². The van der Waals surface area contributed by atoms with Crippen LogP contribution in [-0.2, 0) is 4.79 Å². The number of hydrogen-bond acceptors (Lipinski definition) is 3. The van der Waals surface area contributed by atoms with E-state index < -0.39 is 0 Å². The van der Waals surface area contributed by atoms with Crippen LogP contribution < -0.4 is 20.7 Å². The summed E-state index contributed by atoms with van der Waals surface area (Å²) < 4.78 is 5.64. The lowest BCUT2D eigenvalue weighted by molar-refractivity contribution is -0.123. The molecule has 0 spiro atoms. The maximum absolute atomic E-state index is 11.4. The fraction of sp³-hybridized carbons (Fsp3) is 0.529. The number of guanidine groups is 1. The molecule has 0 atom stereocenters. The van der Waals surface area contributed by atoms with Crippen LogP contribution in [0.25, 0.3) is 0 Å². The predicted octanol–water partition coefficient (Wildman–Crippen LogP) is 1.93. The van der Waals surface area contributed by atoms with Gasteiger partial charge < -0.3 is 20.7 Å². The van der Waals surface area contributed by atoms with Gasteiger partial charge in [-0.15, -0.1) is 24.0 Å². The zero-order valence-electron chi connectivity index (χ0n) is 14.9. The third kappa shape index (κ3) is 9.59. The summed E-state index contributed by atoms with van der Waals surface area (Å²) >= 11 is 0. The van der Waals surface area contributed by atoms with Crippen LogP contribution in [0, 0.1) is 12.8 Å². The summed E-state index contributed by atoms with van der Waals surface area (Å²) in [5.41, 5.74) is 1.21. The Hall–Kier alpha value is -1.51. The third-order valence-corrected chi connectivity index (χ3v) is 3.15. The zero-order valence-corrected chi connectivity index (χ0v) is 17.2. The molecule has 0 aromatic heterocycles. The third-order valence-electron chi connectivity index (χ3n) is 3.15. The summed E-state index contributed by atoms with van der Waals surface area (Å²) in [4.78, 5) is 15.5. The van der Waals surface area contributed by atoms with E-state index in [1.54, 1.807) is 7.05 Å². The molecule has 1 aromatic carbocycles. The van der Waals surface area contributed by atoms with Crippen LogP contribution in [0.15, 0.2) is 29.3 Å². The molecule has 0 saturated carbocycles. The molecule has 0 unspecified atom stereocenters. The van der Waals surface area contributed by atoms with Gasteiger partial charge in [0.2, 0.25) is 5.91 Å². The van der Waals surface area contributed by atoms with Crippen LogP contribution in [0.3, 0.4) is 0 Å². The quantitative estimate of drug-likeness (QED) is 0.246. The van der Waals surface area contributed by atoms with Crippen LogP contribution >= 0.6 is 24.0 Å². The first-order valence-electron chi connectivity index (χ1n) is 7.94. The molecular weight excluding hydrogens is 419 g/mol. The van der Waals surface area contributed by atoms with Gasteiger partial charge in [0.15, 0.2) is 5.96 Å². The number of aliphatic imine (C=N–C) groups is 1. The standard InChI is InChI=1S/C17H28N4O2.HI/c1-13(2)16(22)19-9-10-20-17(18-4)21-11-12-23-15-7-5-14(3)6-8-15;/h5-8,13H,9-12H2,1-4H3,(H,19,22)(H2,18,20,21);1H. The second-order valence-corrected chi connectivity index (χ2v) is 5.53. The van der Waals surface area contributed by atoms with Gasteiger partial charge in [0, 0.05) is 26.1 Å². The molecule has 1 amide bonds. The van der Waals surface area contributed by atoms with Gasteiger partial charge in [-0.25, -0.2) is 0 Å². The molecular formula is C17H29IN4O2. The number of benzene rings is 1. The first kappa shape index (κ1) is 22.5. The van der Waals surface area contributed by atoms with Crippen molar-refractivity contribution in [2.24, 2.45) is 10.9 Å². The number of ether oxygens (including phenoxy) is 1. The van der Waals surface area contributed by atoms with Gasteiger partial charge in [-0.05, 0) is 19.1 Å². The number of carbonyl (C=O) groups is 1. The number of amides is 1. The Morgan fingerprint density at radius 3 is 2.25 bits per heavy atom. The summed E-state index contributed by atoms with van der Waals surface area (Å²) in [6.07, 6.45) is 0. The molecule has 0 aliphatic rings. The van der Waals surface area contributed by atoms with Gasteiger partial charge in [0.25, 0.3) is 0 Å². The van der Waals surface area contributed by atoms with E-state index in [4.69, 9.17) is 4.74 Å². The Morgan fingerprint density at radius 2 is 1.67 bits per heavy atom. The Balaban J connectivity index is 0.00000529. The molecule has 6 nitrogen and oxygen atoms in total. The van der Waals surface area contributed by atoms with Crippen LogP contribution in [0.4, 0.5) is 0 Å². The molecule has 0 bridgehead atoms. The Kier molecular flexibility index (Phi) is 12.0. The maximum Gasteiger partial charge on any atom is 0.222 e. The zero-order chi connectivity index (χ0) is 17.1. The monoisotopic (exact) mass is 448 g/mol. The lowest BCUT2D eigenvalue weighted by Crippen LogP contribution is -2.43. The van der Waals surface area contributed by atoms with Crippen molar-refractivity contribution in [3.63, 3.8) is 0 Å². The van der Waals surface area contributed by atoms with Crippen molar-refractivity contribution >= 4 is 35.8 Å². The number of hydrogen-bond donors (Lipinski definition) is 3. The second-order valence-electron chi connectivity index (χ2n) is 5.53. The van der Waals surface area contributed by atoms with Crippen molar-refractivity contribution < 1.29 is 9.53 Å². The van der Waals surface area contributed by atoms with Gasteiger partial charge in [-0.3, -0.25) is 9.79 Å². The van der Waals surface area contributed by atoms with E-state index in [0.717, 1.165) is 5.75 Å². The van der Waals surface area contributed by atoms with E-state index in [1.165, 1.54) is 5.56 Å². The molecule has 0 fully saturated rings. The number of rotatable bonds is 8. The number of carbonyl (C=O) groups excluding carboxylic acids is 1. The Labute approximate surface area is 161 Å². The van der Waals surface area contributed by atoms with Crippen LogP contribution in [-0.4, -0.2) is 45.2 Å². The van der Waals surface area contributed by atoms with Crippen molar-refractivity contribution in [1.29, 1.82) is 0 Å². The van der Waals surface area contributed by atoms with E-state index in [-0.39, 0.29) is 35.8 Å². The summed E-state index contributed by atoms with van der Waals surface area (Å²) in [7, 11) is 1.71. The number of nitrogens with zero attached hydrogens (tertiary/aromatic N) is 1. The summed E-state index contributed by atoms with van der Waals surface area (Å²) in [5.74, 6) is 1.61. The molecule has 24 heavy (non-hydrogen) atoms. The molecule has 7 heteroatoms. The molecule has 0 radical (unpaired) electrons. The normalized spacial score (nSPS) is 10.8. The van der Waals surface area contributed by atoms with Crippen molar-refractivity contribution in [2.45, 2.75) is 20.8 Å². The first-order chi connectivity index (χ1) is 11.0. The largest absolute Gasteiger partial charge is 0.492 e. The SMILES string of the molecule is CN=C(NCCNC(=O)C(C)C)NCCOc1ccc(C)cc1.I. The first-order valence-corrected chi connectivity index (χ1v) is 7.94. The summed E-state index contributed by atoms with van der Waals surface area (Å²) in [6, 6.07) is 7.96. The molecule has 1 rings (SSSR count). The van der Waals surface area contributed by atoms with Crippen LogP contribution in [0.2, 0.25) is 0 Å². The molecule has 0 aliphatic carbocycles. The molecule has 0 aliphatic heterocycles. The maximum atomic E-state index is 11.4. The van der Waals surface area contributed by atoms with E-state index in [2.05, 4.69) is 20.9 Å². The van der Waals surface area contributed by atoms with Gasteiger partial charge >= 0.3 is 0 Å². The summed E-state index contributed by atoms with van der Waals surface area (Å²) in [5, 5.41) is 9.15. The number of aryl methyl sites for hydroxylation is 1. The minimum Gasteiger partial charge on any atom is -0.492 e. The van der Waals surface area contributed by atoms with E-state index >= 15 is 0 Å². The number of nitrogens with one attached hydrogen (secondary N) is 3. The molecule has 3 N–H and O–H groups in total. The highest BCUT2D eigenvalue weighted by Crippen LogP contribution is 2.10. The lowest BCUT2D eigenvalue weighted by Gasteiger charge is -2.13. The average Bonchev–Trinajstić information content (AvgIpc) is 2.54. The van der Waals surface area contributed by atoms with Gasteiger partial charge in [0.1, 0.15) is 12.4 Å². The Bertz CT molecular complexity index is 504. The average molecular weight is 448 g/mol. The topological polar surface area (TPSA) is 74.8 Å². The van der Waals surface area contributed by atoms with Crippen molar-refractivity contribution in [1.82, 2.24) is 16.0 Å². The minimum atomic E-state index is 0. The fourth-order valence-corrected chi connectivity index (χ4v) is 1.76. The predicted molar refractivity (Wildman–Crippen MR) is 109 cm³/mol. The van der Waals surface area contributed by atoms with Gasteiger partial charge in [-0.1, -0.05) is 31.5 Å². The number of halogens is 1. The minimum absolute atomic E-state index is 0. The molecule has 136 valence electrons. The smallest absolute Gasteiger partial charge is 0.222 e. The van der Waals surface area contributed by atoms with Gasteiger partial charge in [0.05, 0.1) is 6.54 Å². The highest BCUT2D eigenvalue weighted by Gasteiger charge is 2.05. The van der Waals surface area contributed by atoms with Crippen LogP contribution in [0.1, 0.15) is 19.4 Å². The molecule has 0 saturated heterocycles. The summed E-state index contributed by atoms with van der Waals surface area (Å²) in [6.45, 7) is 8.17. The fourth-order valence-electron chi connectivity index (χ4n) is 1.76. The second kappa shape index (κ2) is 12.9. The van der Waals surface area contributed by atoms with Crippen molar-refractivity contribution in [3.8, 4) is 5.75 Å². The lowest BCUT2D eigenvalue weighted by atomic mass is 10.2. The van der Waals surface area contributed by atoms with E-state index in [1.807, 2.05) is 45.0 Å². The highest BCUT2D eigenvalue weighted by molar-refractivity contribution is 14.0.